The van der Waals surface area contributed by atoms with E-state index in [0.29, 0.717) is 26.1 Å². The van der Waals surface area contributed by atoms with Crippen LogP contribution in [0, 0.1) is 0 Å². The second-order valence-electron chi connectivity index (χ2n) is 3.42. The first-order chi connectivity index (χ1) is 7.20. The number of amides is 1. The zero-order valence-electron chi connectivity index (χ0n) is 9.58. The van der Waals surface area contributed by atoms with E-state index in [0.717, 1.165) is 13.0 Å². The predicted octanol–water partition coefficient (Wildman–Crippen LogP) is -0.500. The van der Waals surface area contributed by atoms with Crippen molar-refractivity contribution in [3.05, 3.63) is 0 Å². The summed E-state index contributed by atoms with van der Waals surface area (Å²) in [5.74, 6) is -0.0342. The molecule has 0 aliphatic rings. The second kappa shape index (κ2) is 9.89. The minimum atomic E-state index is -0.501. The first kappa shape index (κ1) is 14.3. The summed E-state index contributed by atoms with van der Waals surface area (Å²) < 4.78 is 4.77. The Hall–Kier alpha value is -0.650. The number of aliphatic hydroxyl groups excluding tert-OH is 1. The number of carbonyl (C=O) groups is 1. The van der Waals surface area contributed by atoms with Gasteiger partial charge in [0.25, 0.3) is 0 Å². The Kier molecular flexibility index (Phi) is 9.46. The summed E-state index contributed by atoms with van der Waals surface area (Å²) in [7, 11) is 1.54. The van der Waals surface area contributed by atoms with Gasteiger partial charge in [-0.25, -0.2) is 0 Å². The average molecular weight is 218 g/mol. The summed E-state index contributed by atoms with van der Waals surface area (Å²) in [5, 5.41) is 15.0. The molecule has 0 heterocycles. The maximum atomic E-state index is 11.2. The maximum Gasteiger partial charge on any atom is 0.233 e. The molecule has 15 heavy (non-hydrogen) atoms. The third kappa shape index (κ3) is 9.65. The van der Waals surface area contributed by atoms with E-state index in [1.54, 1.807) is 0 Å². The van der Waals surface area contributed by atoms with E-state index in [-0.39, 0.29) is 5.91 Å². The molecule has 3 N–H and O–H groups in total. The molecule has 0 aliphatic heterocycles. The number of hydrogen-bond acceptors (Lipinski definition) is 4. The van der Waals surface area contributed by atoms with Crippen molar-refractivity contribution in [1.82, 2.24) is 10.6 Å². The van der Waals surface area contributed by atoms with Gasteiger partial charge >= 0.3 is 0 Å². The second-order valence-corrected chi connectivity index (χ2v) is 3.42. The molecule has 0 rings (SSSR count). The molecule has 0 saturated carbocycles. The molecule has 0 bridgehead atoms. The van der Waals surface area contributed by atoms with Crippen molar-refractivity contribution >= 4 is 5.91 Å². The molecule has 0 fully saturated rings. The average Bonchev–Trinajstić information content (AvgIpc) is 2.18. The van der Waals surface area contributed by atoms with Crippen LogP contribution in [0.2, 0.25) is 0 Å². The number of aliphatic hydroxyl groups is 1. The van der Waals surface area contributed by atoms with Crippen molar-refractivity contribution in [2.75, 3.05) is 33.4 Å². The Balaban J connectivity index is 3.30. The minimum absolute atomic E-state index is 0.0342. The molecular weight excluding hydrogens is 196 g/mol. The van der Waals surface area contributed by atoms with Gasteiger partial charge in [-0.2, -0.15) is 0 Å². The summed E-state index contributed by atoms with van der Waals surface area (Å²) in [6.45, 7) is 4.03. The van der Waals surface area contributed by atoms with Crippen LogP contribution >= 0.6 is 0 Å². The van der Waals surface area contributed by atoms with E-state index in [4.69, 9.17) is 4.74 Å². The zero-order valence-corrected chi connectivity index (χ0v) is 9.58. The number of nitrogens with one attached hydrogen (secondary N) is 2. The van der Waals surface area contributed by atoms with Gasteiger partial charge in [0.1, 0.15) is 0 Å². The van der Waals surface area contributed by atoms with Gasteiger partial charge in [0.05, 0.1) is 19.3 Å². The normalized spacial score (nSPS) is 12.5. The van der Waals surface area contributed by atoms with Crippen molar-refractivity contribution in [3.63, 3.8) is 0 Å². The quantitative estimate of drug-likeness (QED) is 0.456. The van der Waals surface area contributed by atoms with Gasteiger partial charge in [-0.1, -0.05) is 6.92 Å². The van der Waals surface area contributed by atoms with Gasteiger partial charge in [-0.15, -0.1) is 0 Å². The molecule has 1 atom stereocenters. The van der Waals surface area contributed by atoms with Crippen LogP contribution in [0.3, 0.4) is 0 Å². The van der Waals surface area contributed by atoms with Crippen molar-refractivity contribution in [1.29, 1.82) is 0 Å². The Morgan fingerprint density at radius 3 is 2.80 bits per heavy atom. The van der Waals surface area contributed by atoms with Crippen LogP contribution in [0.15, 0.2) is 0 Å². The Morgan fingerprint density at radius 2 is 2.20 bits per heavy atom. The van der Waals surface area contributed by atoms with E-state index in [2.05, 4.69) is 10.6 Å². The number of rotatable bonds is 9. The van der Waals surface area contributed by atoms with Crippen molar-refractivity contribution in [3.8, 4) is 0 Å². The van der Waals surface area contributed by atoms with Crippen LogP contribution in [-0.2, 0) is 9.53 Å². The van der Waals surface area contributed by atoms with E-state index in [9.17, 15) is 9.90 Å². The molecule has 0 aliphatic carbocycles. The highest BCUT2D eigenvalue weighted by molar-refractivity contribution is 5.77. The Bertz CT molecular complexity index is 165. The van der Waals surface area contributed by atoms with Gasteiger partial charge in [0, 0.05) is 13.7 Å². The SMILES string of the molecule is CCCNCC(=O)NCCC(O)COC. The molecule has 0 spiro atoms. The summed E-state index contributed by atoms with van der Waals surface area (Å²) in [6, 6.07) is 0. The van der Waals surface area contributed by atoms with Crippen LogP contribution in [-0.4, -0.2) is 50.5 Å². The molecule has 0 aromatic rings. The molecule has 1 unspecified atom stereocenters. The third-order valence-electron chi connectivity index (χ3n) is 1.87. The lowest BCUT2D eigenvalue weighted by molar-refractivity contribution is -0.120. The van der Waals surface area contributed by atoms with Gasteiger partial charge in [-0.3, -0.25) is 4.79 Å². The molecule has 1 amide bonds. The zero-order chi connectivity index (χ0) is 11.5. The highest BCUT2D eigenvalue weighted by Crippen LogP contribution is 1.89. The van der Waals surface area contributed by atoms with Crippen LogP contribution < -0.4 is 10.6 Å². The van der Waals surface area contributed by atoms with Crippen LogP contribution in [0.4, 0.5) is 0 Å². The van der Waals surface area contributed by atoms with E-state index < -0.39 is 6.10 Å². The summed E-state index contributed by atoms with van der Waals surface area (Å²) >= 11 is 0. The smallest absolute Gasteiger partial charge is 0.233 e. The maximum absolute atomic E-state index is 11.2. The minimum Gasteiger partial charge on any atom is -0.391 e. The molecular formula is C10H22N2O3. The summed E-state index contributed by atoms with van der Waals surface area (Å²) in [6.07, 6.45) is 1.03. The number of hydrogen-bond donors (Lipinski definition) is 3. The lowest BCUT2D eigenvalue weighted by Gasteiger charge is -2.10. The fourth-order valence-corrected chi connectivity index (χ4v) is 1.10. The fourth-order valence-electron chi connectivity index (χ4n) is 1.10. The molecule has 0 radical (unpaired) electrons. The molecule has 0 aromatic carbocycles. The predicted molar refractivity (Wildman–Crippen MR) is 58.7 cm³/mol. The van der Waals surface area contributed by atoms with Gasteiger partial charge < -0.3 is 20.5 Å². The lowest BCUT2D eigenvalue weighted by atomic mass is 10.2. The first-order valence-electron chi connectivity index (χ1n) is 5.35. The fraction of sp³-hybridized carbons (Fsp3) is 0.900. The van der Waals surface area contributed by atoms with Gasteiger partial charge in [0.2, 0.25) is 5.91 Å². The van der Waals surface area contributed by atoms with Crippen LogP contribution in [0.25, 0.3) is 0 Å². The largest absolute Gasteiger partial charge is 0.391 e. The molecule has 0 aromatic heterocycles. The van der Waals surface area contributed by atoms with E-state index in [1.807, 2.05) is 6.92 Å². The standard InChI is InChI=1S/C10H22N2O3/c1-3-5-11-7-10(14)12-6-4-9(13)8-15-2/h9,11,13H,3-8H2,1-2H3,(H,12,14). The molecule has 5 heteroatoms. The topological polar surface area (TPSA) is 70.6 Å². The first-order valence-corrected chi connectivity index (χ1v) is 5.35. The molecule has 0 saturated heterocycles. The molecule has 5 nitrogen and oxygen atoms in total. The number of carbonyl (C=O) groups excluding carboxylic acids is 1. The van der Waals surface area contributed by atoms with Crippen LogP contribution in [0.5, 0.6) is 0 Å². The van der Waals surface area contributed by atoms with E-state index in [1.165, 1.54) is 7.11 Å². The lowest BCUT2D eigenvalue weighted by Crippen LogP contribution is -2.36. The molecule has 90 valence electrons. The highest BCUT2D eigenvalue weighted by atomic mass is 16.5. The number of methoxy groups -OCH3 is 1. The number of ether oxygens (including phenoxy) is 1. The van der Waals surface area contributed by atoms with E-state index >= 15 is 0 Å². The summed E-state index contributed by atoms with van der Waals surface area (Å²) in [4.78, 5) is 11.2. The highest BCUT2D eigenvalue weighted by Gasteiger charge is 2.04. The Morgan fingerprint density at radius 1 is 1.47 bits per heavy atom. The van der Waals surface area contributed by atoms with Crippen LogP contribution in [0.1, 0.15) is 19.8 Å². The van der Waals surface area contributed by atoms with Crippen molar-refractivity contribution in [2.45, 2.75) is 25.9 Å². The van der Waals surface area contributed by atoms with Crippen molar-refractivity contribution < 1.29 is 14.6 Å². The van der Waals surface area contributed by atoms with Crippen molar-refractivity contribution in [2.24, 2.45) is 0 Å². The Labute approximate surface area is 91.2 Å². The van der Waals surface area contributed by atoms with Gasteiger partial charge in [-0.05, 0) is 19.4 Å². The van der Waals surface area contributed by atoms with Gasteiger partial charge in [0.15, 0.2) is 0 Å². The third-order valence-corrected chi connectivity index (χ3v) is 1.87. The monoisotopic (exact) mass is 218 g/mol. The summed E-state index contributed by atoms with van der Waals surface area (Å²) in [5.41, 5.74) is 0.